The zero-order chi connectivity index (χ0) is 26.2. The molecule has 0 aliphatic rings. The first-order valence-corrected chi connectivity index (χ1v) is 12.0. The molecule has 2 amide bonds. The van der Waals surface area contributed by atoms with Gasteiger partial charge in [-0.3, -0.25) is 14.3 Å². The molecule has 0 radical (unpaired) electrons. The van der Waals surface area contributed by atoms with Gasteiger partial charge in [-0.15, -0.1) is 12.4 Å². The quantitative estimate of drug-likeness (QED) is 0.278. The average Bonchev–Trinajstić information content (AvgIpc) is 3.33. The second-order valence-corrected chi connectivity index (χ2v) is 8.70. The topological polar surface area (TPSA) is 85.7 Å². The van der Waals surface area contributed by atoms with E-state index in [2.05, 4.69) is 10.4 Å². The molecule has 4 aromatic rings. The van der Waals surface area contributed by atoms with E-state index >= 15 is 0 Å². The van der Waals surface area contributed by atoms with Gasteiger partial charge < -0.3 is 19.7 Å². The third-order valence-electron chi connectivity index (χ3n) is 5.75. The summed E-state index contributed by atoms with van der Waals surface area (Å²) < 4.78 is 13.0. The summed E-state index contributed by atoms with van der Waals surface area (Å²) in [7, 11) is 1.71. The van der Waals surface area contributed by atoms with Crippen molar-refractivity contribution < 1.29 is 19.1 Å². The highest BCUT2D eigenvalue weighted by molar-refractivity contribution is 5.93. The molecule has 38 heavy (non-hydrogen) atoms. The highest BCUT2D eigenvalue weighted by Crippen LogP contribution is 2.24. The number of amides is 2. The number of rotatable bonds is 10. The second-order valence-electron chi connectivity index (χ2n) is 8.70. The maximum absolute atomic E-state index is 12.8. The molecule has 0 aliphatic heterocycles. The van der Waals surface area contributed by atoms with Crippen LogP contribution in [0.3, 0.4) is 0 Å². The van der Waals surface area contributed by atoms with Crippen LogP contribution in [-0.2, 0) is 16.1 Å². The molecular formula is C29H31ClN4O4. The van der Waals surface area contributed by atoms with Gasteiger partial charge in [0.05, 0.1) is 24.9 Å². The minimum atomic E-state index is -0.190. The van der Waals surface area contributed by atoms with Crippen LogP contribution in [0.15, 0.2) is 85.2 Å². The van der Waals surface area contributed by atoms with Crippen LogP contribution in [0.5, 0.6) is 17.2 Å². The highest BCUT2D eigenvalue weighted by Gasteiger charge is 2.14. The molecule has 0 saturated heterocycles. The van der Waals surface area contributed by atoms with Crippen molar-refractivity contribution in [3.8, 4) is 17.2 Å². The van der Waals surface area contributed by atoms with Crippen molar-refractivity contribution in [2.45, 2.75) is 26.8 Å². The van der Waals surface area contributed by atoms with Gasteiger partial charge in [-0.2, -0.15) is 5.10 Å². The summed E-state index contributed by atoms with van der Waals surface area (Å²) >= 11 is 0. The predicted molar refractivity (Wildman–Crippen MR) is 151 cm³/mol. The molecular weight excluding hydrogens is 504 g/mol. The van der Waals surface area contributed by atoms with Crippen molar-refractivity contribution in [1.29, 1.82) is 0 Å². The molecule has 0 aliphatic carbocycles. The van der Waals surface area contributed by atoms with Gasteiger partial charge in [0.2, 0.25) is 11.8 Å². The molecule has 4 rings (SSSR count). The largest absolute Gasteiger partial charge is 0.493 e. The molecule has 1 heterocycles. The monoisotopic (exact) mass is 534 g/mol. The number of aryl methyl sites for hydroxylation is 2. The van der Waals surface area contributed by atoms with Crippen molar-refractivity contribution in [3.63, 3.8) is 0 Å². The van der Waals surface area contributed by atoms with E-state index in [1.54, 1.807) is 18.1 Å². The van der Waals surface area contributed by atoms with Crippen molar-refractivity contribution in [2.24, 2.45) is 0 Å². The molecule has 0 spiro atoms. The number of ether oxygens (including phenoxy) is 2. The van der Waals surface area contributed by atoms with Crippen LogP contribution < -0.4 is 19.7 Å². The number of nitrogens with zero attached hydrogens (tertiary/aromatic N) is 3. The van der Waals surface area contributed by atoms with E-state index < -0.39 is 0 Å². The molecule has 0 unspecified atom stereocenters. The fourth-order valence-electron chi connectivity index (χ4n) is 3.58. The van der Waals surface area contributed by atoms with E-state index in [1.807, 2.05) is 86.6 Å². The molecule has 9 heteroatoms. The van der Waals surface area contributed by atoms with Gasteiger partial charge in [0.25, 0.3) is 0 Å². The van der Waals surface area contributed by atoms with Gasteiger partial charge >= 0.3 is 0 Å². The minimum absolute atomic E-state index is 0. The third kappa shape index (κ3) is 7.85. The Balaban J connectivity index is 0.00000400. The molecule has 0 atom stereocenters. The fourth-order valence-corrected chi connectivity index (χ4v) is 3.58. The molecule has 0 saturated carbocycles. The summed E-state index contributed by atoms with van der Waals surface area (Å²) in [6, 6.07) is 22.8. The minimum Gasteiger partial charge on any atom is -0.493 e. The van der Waals surface area contributed by atoms with E-state index in [0.29, 0.717) is 11.4 Å². The van der Waals surface area contributed by atoms with Crippen LogP contribution in [0.1, 0.15) is 17.5 Å². The molecule has 198 valence electrons. The zero-order valence-electron chi connectivity index (χ0n) is 21.6. The predicted octanol–water partition coefficient (Wildman–Crippen LogP) is 5.78. The summed E-state index contributed by atoms with van der Waals surface area (Å²) in [5, 5.41) is 6.98. The number of halogens is 1. The summed E-state index contributed by atoms with van der Waals surface area (Å²) in [4.78, 5) is 26.6. The first kappa shape index (κ1) is 28.3. The number of nitrogens with one attached hydrogen (secondary N) is 1. The Morgan fingerprint density at radius 1 is 0.947 bits per heavy atom. The van der Waals surface area contributed by atoms with Gasteiger partial charge in [0, 0.05) is 18.9 Å². The number of likely N-dealkylation sites (N-methyl/N-ethyl adjacent to an activating group) is 1. The van der Waals surface area contributed by atoms with Crippen LogP contribution in [-0.4, -0.2) is 35.2 Å². The number of aromatic nitrogens is 2. The third-order valence-corrected chi connectivity index (χ3v) is 5.75. The van der Waals surface area contributed by atoms with Crippen molar-refractivity contribution >= 4 is 35.6 Å². The Bertz CT molecular complexity index is 1350. The van der Waals surface area contributed by atoms with Crippen LogP contribution in [0, 0.1) is 13.8 Å². The van der Waals surface area contributed by atoms with Crippen molar-refractivity contribution in [1.82, 2.24) is 9.78 Å². The lowest BCUT2D eigenvalue weighted by atomic mass is 10.2. The Hall–Kier alpha value is -4.30. The van der Waals surface area contributed by atoms with Gasteiger partial charge in [0.1, 0.15) is 23.8 Å². The van der Waals surface area contributed by atoms with E-state index in [1.165, 1.54) is 10.9 Å². The Morgan fingerprint density at radius 2 is 1.61 bits per heavy atom. The maximum Gasteiger partial charge on any atom is 0.248 e. The summed E-state index contributed by atoms with van der Waals surface area (Å²) in [6.45, 7) is 4.28. The van der Waals surface area contributed by atoms with Crippen LogP contribution in [0.4, 0.5) is 11.4 Å². The maximum atomic E-state index is 12.8. The molecule has 3 aromatic carbocycles. The number of benzene rings is 3. The van der Waals surface area contributed by atoms with Crippen LogP contribution in [0.2, 0.25) is 0 Å². The number of carbonyl (C=O) groups excluding carboxylic acids is 2. The van der Waals surface area contributed by atoms with Crippen LogP contribution >= 0.6 is 12.4 Å². The molecule has 0 bridgehead atoms. The zero-order valence-corrected chi connectivity index (χ0v) is 22.4. The Kier molecular flexibility index (Phi) is 9.90. The Morgan fingerprint density at radius 3 is 2.29 bits per heavy atom. The van der Waals surface area contributed by atoms with E-state index in [9.17, 15) is 9.59 Å². The normalized spacial score (nSPS) is 10.3. The summed E-state index contributed by atoms with van der Waals surface area (Å²) in [6.07, 6.45) is 3.35. The van der Waals surface area contributed by atoms with Gasteiger partial charge in [-0.05, 0) is 61.9 Å². The number of hydrogen-bond donors (Lipinski definition) is 1. The standard InChI is InChI=1S/C29H30N4O4.ClH/c1-21-8-12-25(13-9-21)37-26-14-10-24(11-15-26)32(3)29(35)20-33-19-23(18-30-33)31-28(34)16-17-36-27-7-5-4-6-22(27)2;/h4-15,18-19H,16-17,20H2,1-3H3,(H,31,34);1H. The summed E-state index contributed by atoms with van der Waals surface area (Å²) in [5.41, 5.74) is 3.44. The number of para-hydroxylation sites is 1. The van der Waals surface area contributed by atoms with Crippen molar-refractivity contribution in [3.05, 3.63) is 96.3 Å². The van der Waals surface area contributed by atoms with E-state index in [4.69, 9.17) is 9.47 Å². The lowest BCUT2D eigenvalue weighted by molar-refractivity contribution is -0.119. The number of carbonyl (C=O) groups is 2. The smallest absolute Gasteiger partial charge is 0.248 e. The van der Waals surface area contributed by atoms with Gasteiger partial charge in [0.15, 0.2) is 0 Å². The van der Waals surface area contributed by atoms with E-state index in [0.717, 1.165) is 28.3 Å². The highest BCUT2D eigenvalue weighted by atomic mass is 35.5. The molecule has 1 N–H and O–H groups in total. The first-order valence-electron chi connectivity index (χ1n) is 12.0. The number of hydrogen-bond acceptors (Lipinski definition) is 5. The van der Waals surface area contributed by atoms with E-state index in [-0.39, 0.29) is 43.8 Å². The van der Waals surface area contributed by atoms with Crippen LogP contribution in [0.25, 0.3) is 0 Å². The molecule has 8 nitrogen and oxygen atoms in total. The first-order chi connectivity index (χ1) is 17.9. The molecule has 1 aromatic heterocycles. The SMILES string of the molecule is Cc1ccc(Oc2ccc(N(C)C(=O)Cn3cc(NC(=O)CCOc4ccccc4C)cn3)cc2)cc1.Cl. The lowest BCUT2D eigenvalue weighted by Gasteiger charge is -2.18. The average molecular weight is 535 g/mol. The summed E-state index contributed by atoms with van der Waals surface area (Å²) in [5.74, 6) is 1.86. The second kappa shape index (κ2) is 13.3. The van der Waals surface area contributed by atoms with Crippen molar-refractivity contribution in [2.75, 3.05) is 23.9 Å². The Labute approximate surface area is 228 Å². The van der Waals surface area contributed by atoms with Gasteiger partial charge in [-0.1, -0.05) is 35.9 Å². The van der Waals surface area contributed by atoms with Gasteiger partial charge in [-0.25, -0.2) is 0 Å². The molecule has 0 fully saturated rings. The number of anilines is 2. The fraction of sp³-hybridized carbons (Fsp3) is 0.207. The lowest BCUT2D eigenvalue weighted by Crippen LogP contribution is -2.30.